The predicted octanol–water partition coefficient (Wildman–Crippen LogP) is 2.10. The van der Waals surface area contributed by atoms with Crippen molar-refractivity contribution < 1.29 is 8.42 Å². The first-order valence-electron chi connectivity index (χ1n) is 7.22. The van der Waals surface area contributed by atoms with Gasteiger partial charge < -0.3 is 4.90 Å². The molecule has 7 heteroatoms. The molecule has 5 nitrogen and oxygen atoms in total. The summed E-state index contributed by atoms with van der Waals surface area (Å²) in [6, 6.07) is 7.67. The third-order valence-electron chi connectivity index (χ3n) is 3.79. The summed E-state index contributed by atoms with van der Waals surface area (Å²) in [6.45, 7) is 4.43. The van der Waals surface area contributed by atoms with E-state index in [0.717, 1.165) is 16.3 Å². The zero-order valence-corrected chi connectivity index (χ0v) is 14.1. The van der Waals surface area contributed by atoms with Gasteiger partial charge in [0, 0.05) is 37.8 Å². The Labute approximate surface area is 135 Å². The van der Waals surface area contributed by atoms with Gasteiger partial charge in [-0.3, -0.25) is 0 Å². The van der Waals surface area contributed by atoms with Crippen LogP contribution in [-0.4, -0.2) is 43.9 Å². The van der Waals surface area contributed by atoms with Gasteiger partial charge >= 0.3 is 0 Å². The smallest absolute Gasteiger partial charge is 0.218 e. The number of rotatable bonds is 4. The number of sulfonamides is 1. The summed E-state index contributed by atoms with van der Waals surface area (Å²) in [5.41, 5.74) is 1.98. The Bertz CT molecular complexity index is 704. The first-order valence-corrected chi connectivity index (χ1v) is 9.71. The number of hydrogen-bond acceptors (Lipinski definition) is 5. The van der Waals surface area contributed by atoms with Crippen LogP contribution < -0.4 is 4.90 Å². The van der Waals surface area contributed by atoms with E-state index in [0.29, 0.717) is 26.2 Å². The van der Waals surface area contributed by atoms with E-state index < -0.39 is 10.0 Å². The van der Waals surface area contributed by atoms with Gasteiger partial charge in [-0.1, -0.05) is 29.8 Å². The summed E-state index contributed by atoms with van der Waals surface area (Å²) in [6.07, 6.45) is 1.78. The van der Waals surface area contributed by atoms with E-state index in [1.165, 1.54) is 0 Å². The van der Waals surface area contributed by atoms with Crippen LogP contribution >= 0.6 is 11.3 Å². The maximum atomic E-state index is 12.5. The lowest BCUT2D eigenvalue weighted by Gasteiger charge is -2.33. The summed E-state index contributed by atoms with van der Waals surface area (Å²) in [5, 5.41) is 2.91. The van der Waals surface area contributed by atoms with Gasteiger partial charge in [0.25, 0.3) is 0 Å². The third-order valence-corrected chi connectivity index (χ3v) is 6.47. The predicted molar refractivity (Wildman–Crippen MR) is 89.7 cm³/mol. The molecule has 1 aliphatic heterocycles. The van der Waals surface area contributed by atoms with Crippen molar-refractivity contribution in [3.05, 3.63) is 47.0 Å². The fourth-order valence-electron chi connectivity index (χ4n) is 2.52. The van der Waals surface area contributed by atoms with Crippen LogP contribution in [-0.2, 0) is 15.8 Å². The molecular weight excluding hydrogens is 318 g/mol. The van der Waals surface area contributed by atoms with Gasteiger partial charge in [0.15, 0.2) is 5.13 Å². The summed E-state index contributed by atoms with van der Waals surface area (Å²) in [5.74, 6) is 0.0739. The number of nitrogens with zero attached hydrogens (tertiary/aromatic N) is 3. The molecule has 0 spiro atoms. The Balaban J connectivity index is 1.63. The van der Waals surface area contributed by atoms with Gasteiger partial charge in [-0.25, -0.2) is 13.4 Å². The molecule has 1 aliphatic rings. The molecule has 0 bridgehead atoms. The summed E-state index contributed by atoms with van der Waals surface area (Å²) < 4.78 is 26.6. The molecule has 0 saturated carbocycles. The molecule has 1 aromatic carbocycles. The fraction of sp³-hybridized carbons (Fsp3) is 0.400. The van der Waals surface area contributed by atoms with E-state index in [1.54, 1.807) is 21.8 Å². The second kappa shape index (κ2) is 6.36. The zero-order valence-electron chi connectivity index (χ0n) is 12.5. The van der Waals surface area contributed by atoms with E-state index in [4.69, 9.17) is 0 Å². The van der Waals surface area contributed by atoms with Gasteiger partial charge in [0.2, 0.25) is 10.0 Å². The van der Waals surface area contributed by atoms with Crippen molar-refractivity contribution in [2.45, 2.75) is 12.7 Å². The van der Waals surface area contributed by atoms with Crippen LogP contribution in [0.25, 0.3) is 0 Å². The lowest BCUT2D eigenvalue weighted by Crippen LogP contribution is -2.49. The first-order chi connectivity index (χ1) is 10.5. The minimum Gasteiger partial charge on any atom is -0.345 e. The van der Waals surface area contributed by atoms with Crippen molar-refractivity contribution in [2.24, 2.45) is 0 Å². The van der Waals surface area contributed by atoms with E-state index >= 15 is 0 Å². The van der Waals surface area contributed by atoms with Crippen molar-refractivity contribution in [1.82, 2.24) is 9.29 Å². The van der Waals surface area contributed by atoms with Crippen molar-refractivity contribution >= 4 is 26.5 Å². The van der Waals surface area contributed by atoms with Gasteiger partial charge in [0.1, 0.15) is 0 Å². The molecular formula is C15H19N3O2S2. The molecule has 1 aromatic heterocycles. The average Bonchev–Trinajstić information content (AvgIpc) is 3.04. The quantitative estimate of drug-likeness (QED) is 0.857. The molecule has 3 rings (SSSR count). The molecule has 0 radical (unpaired) electrons. The number of thiazole rings is 1. The normalized spacial score (nSPS) is 16.9. The maximum absolute atomic E-state index is 12.5. The fourth-order valence-corrected chi connectivity index (χ4v) is 4.73. The highest BCUT2D eigenvalue weighted by molar-refractivity contribution is 7.88. The van der Waals surface area contributed by atoms with Crippen LogP contribution in [0.3, 0.4) is 0 Å². The zero-order chi connectivity index (χ0) is 15.6. The van der Waals surface area contributed by atoms with E-state index in [2.05, 4.69) is 9.88 Å². The van der Waals surface area contributed by atoms with Crippen molar-refractivity contribution in [1.29, 1.82) is 0 Å². The standard InChI is InChI=1S/C15H19N3O2S2/c1-13-2-4-14(5-3-13)12-22(19,20)18-9-7-17(8-10-18)15-16-6-11-21-15/h2-6,11H,7-10,12H2,1H3. The number of benzene rings is 1. The minimum absolute atomic E-state index is 0.0739. The lowest BCUT2D eigenvalue weighted by atomic mass is 10.2. The highest BCUT2D eigenvalue weighted by Crippen LogP contribution is 2.21. The SMILES string of the molecule is Cc1ccc(CS(=O)(=O)N2CCN(c3nccs3)CC2)cc1. The molecule has 0 amide bonds. The van der Waals surface area contributed by atoms with E-state index in [9.17, 15) is 8.42 Å². The van der Waals surface area contributed by atoms with Gasteiger partial charge in [0.05, 0.1) is 5.75 Å². The Morgan fingerprint density at radius 3 is 2.41 bits per heavy atom. The molecule has 0 N–H and O–H groups in total. The molecule has 0 atom stereocenters. The Kier molecular flexibility index (Phi) is 4.46. The number of piperazine rings is 1. The van der Waals surface area contributed by atoms with Crippen LogP contribution in [0.15, 0.2) is 35.8 Å². The average molecular weight is 337 g/mol. The lowest BCUT2D eigenvalue weighted by molar-refractivity contribution is 0.384. The van der Waals surface area contributed by atoms with Gasteiger partial charge in [-0.05, 0) is 12.5 Å². The maximum Gasteiger partial charge on any atom is 0.218 e. The molecule has 0 aliphatic carbocycles. The van der Waals surface area contributed by atoms with Crippen molar-refractivity contribution in [2.75, 3.05) is 31.1 Å². The minimum atomic E-state index is -3.25. The van der Waals surface area contributed by atoms with Crippen LogP contribution in [0.2, 0.25) is 0 Å². The first kappa shape index (κ1) is 15.5. The molecule has 0 unspecified atom stereocenters. The number of aromatic nitrogens is 1. The second-order valence-corrected chi connectivity index (χ2v) is 8.28. The molecule has 118 valence electrons. The molecule has 1 fully saturated rings. The van der Waals surface area contributed by atoms with Crippen molar-refractivity contribution in [3.63, 3.8) is 0 Å². The van der Waals surface area contributed by atoms with E-state index in [1.807, 2.05) is 36.6 Å². The van der Waals surface area contributed by atoms with Crippen molar-refractivity contribution in [3.8, 4) is 0 Å². The number of hydrogen-bond donors (Lipinski definition) is 0. The summed E-state index contributed by atoms with van der Waals surface area (Å²) >= 11 is 1.59. The van der Waals surface area contributed by atoms with Gasteiger partial charge in [-0.2, -0.15) is 4.31 Å². The topological polar surface area (TPSA) is 53.5 Å². The largest absolute Gasteiger partial charge is 0.345 e. The number of aryl methyl sites for hydroxylation is 1. The number of anilines is 1. The summed E-state index contributed by atoms with van der Waals surface area (Å²) in [4.78, 5) is 6.42. The van der Waals surface area contributed by atoms with Crippen LogP contribution in [0.4, 0.5) is 5.13 Å². The third kappa shape index (κ3) is 3.48. The molecule has 1 saturated heterocycles. The highest BCUT2D eigenvalue weighted by atomic mass is 32.2. The Morgan fingerprint density at radius 2 is 1.82 bits per heavy atom. The second-order valence-electron chi connectivity index (χ2n) is 5.44. The Morgan fingerprint density at radius 1 is 1.14 bits per heavy atom. The monoisotopic (exact) mass is 337 g/mol. The molecule has 2 heterocycles. The van der Waals surface area contributed by atoms with Crippen LogP contribution in [0.5, 0.6) is 0 Å². The van der Waals surface area contributed by atoms with E-state index in [-0.39, 0.29) is 5.75 Å². The van der Waals surface area contributed by atoms with Crippen LogP contribution in [0.1, 0.15) is 11.1 Å². The van der Waals surface area contributed by atoms with Crippen LogP contribution in [0, 0.1) is 6.92 Å². The highest BCUT2D eigenvalue weighted by Gasteiger charge is 2.27. The Hall–Kier alpha value is -1.44. The summed E-state index contributed by atoms with van der Waals surface area (Å²) in [7, 11) is -3.25. The van der Waals surface area contributed by atoms with Gasteiger partial charge in [-0.15, -0.1) is 11.3 Å². The molecule has 2 aromatic rings. The molecule has 22 heavy (non-hydrogen) atoms.